The highest BCUT2D eigenvalue weighted by atomic mass is 16.5. The summed E-state index contributed by atoms with van der Waals surface area (Å²) in [6, 6.07) is 0. The van der Waals surface area contributed by atoms with Crippen molar-refractivity contribution in [3.05, 3.63) is 22.3 Å². The van der Waals surface area contributed by atoms with Gasteiger partial charge in [0.05, 0.1) is 0 Å². The quantitative estimate of drug-likeness (QED) is 0.334. The maximum atomic E-state index is 10.4. The topological polar surface area (TPSA) is 29.5 Å². The van der Waals surface area contributed by atoms with E-state index in [0.717, 1.165) is 59.5 Å². The SMILES string of the molecule is CC(C)CCCC(C)CCCC(C)CCCC1(C)CCc2c([13CH3])c(O)c([13CH3])c([13CH3])c2O1. The normalized spacial score (nSPS) is 20.4. The van der Waals surface area contributed by atoms with Gasteiger partial charge in [-0.15, -0.1) is 0 Å². The number of ether oxygens (including phenoxy) is 1. The van der Waals surface area contributed by atoms with Crippen molar-refractivity contribution in [1.82, 2.24) is 0 Å². The summed E-state index contributed by atoms with van der Waals surface area (Å²) < 4.78 is 6.60. The largest absolute Gasteiger partial charge is 0.507 e. The van der Waals surface area contributed by atoms with E-state index in [-0.39, 0.29) is 5.60 Å². The van der Waals surface area contributed by atoms with Crippen LogP contribution in [0.15, 0.2) is 0 Å². The monoisotopic (exact) mass is 433 g/mol. The lowest BCUT2D eigenvalue weighted by Crippen LogP contribution is -2.37. The first-order chi connectivity index (χ1) is 14.5. The molecule has 31 heavy (non-hydrogen) atoms. The number of hydrogen-bond acceptors (Lipinski definition) is 2. The molecule has 2 rings (SSSR count). The second kappa shape index (κ2) is 11.6. The van der Waals surface area contributed by atoms with Gasteiger partial charge >= 0.3 is 0 Å². The molecule has 1 N–H and O–H groups in total. The molecule has 178 valence electrons. The van der Waals surface area contributed by atoms with Gasteiger partial charge in [-0.1, -0.05) is 72.6 Å². The summed E-state index contributed by atoms with van der Waals surface area (Å²) in [7, 11) is 0. The first-order valence-corrected chi connectivity index (χ1v) is 13.0. The highest BCUT2D eigenvalue weighted by Gasteiger charge is 2.34. The molecule has 2 heteroatoms. The second-order valence-electron chi connectivity index (χ2n) is 11.4. The lowest BCUT2D eigenvalue weighted by atomic mass is 9.85. The summed E-state index contributed by atoms with van der Waals surface area (Å²) in [6.45, 7) is 17.9. The number of benzene rings is 1. The van der Waals surface area contributed by atoms with E-state index >= 15 is 0 Å². The van der Waals surface area contributed by atoms with E-state index in [4.69, 9.17) is 4.74 Å². The Morgan fingerprint density at radius 2 is 1.35 bits per heavy atom. The molecule has 0 amide bonds. The summed E-state index contributed by atoms with van der Waals surface area (Å²) in [6.07, 6.45) is 14.1. The maximum absolute atomic E-state index is 10.4. The van der Waals surface area contributed by atoms with Crippen LogP contribution >= 0.6 is 0 Å². The van der Waals surface area contributed by atoms with Crippen molar-refractivity contribution in [3.8, 4) is 11.5 Å². The van der Waals surface area contributed by atoms with Gasteiger partial charge in [0.15, 0.2) is 0 Å². The standard InChI is InChI=1S/C29H50O2/c1-20(2)12-9-13-21(3)14-10-15-22(4)16-11-18-29(8)19-17-26-25(7)27(30)23(5)24(6)28(26)31-29/h20-22,30H,9-19H2,1-8H3/i5+1,6+1,7+1. The molecule has 0 aliphatic carbocycles. The zero-order valence-corrected chi connectivity index (χ0v) is 21.9. The van der Waals surface area contributed by atoms with E-state index in [9.17, 15) is 5.11 Å². The van der Waals surface area contributed by atoms with E-state index in [1.54, 1.807) is 0 Å². The Bertz CT molecular complexity index is 705. The zero-order valence-electron chi connectivity index (χ0n) is 21.9. The Kier molecular flexibility index (Phi) is 9.77. The van der Waals surface area contributed by atoms with Crippen LogP contribution in [0.3, 0.4) is 0 Å². The van der Waals surface area contributed by atoms with Crippen molar-refractivity contribution in [2.45, 2.75) is 132 Å². The number of hydrogen-bond donors (Lipinski definition) is 1. The van der Waals surface area contributed by atoms with Crippen LogP contribution in [0, 0.1) is 38.5 Å². The molecular formula is C29H50O2. The maximum Gasteiger partial charge on any atom is 0.127 e. The summed E-state index contributed by atoms with van der Waals surface area (Å²) in [5.41, 5.74) is 4.23. The van der Waals surface area contributed by atoms with Crippen molar-refractivity contribution in [1.29, 1.82) is 0 Å². The first-order valence-electron chi connectivity index (χ1n) is 13.0. The average molecular weight is 434 g/mol. The van der Waals surface area contributed by atoms with E-state index in [1.807, 2.05) is 13.8 Å². The smallest absolute Gasteiger partial charge is 0.127 e. The van der Waals surface area contributed by atoms with Crippen molar-refractivity contribution in [2.75, 3.05) is 0 Å². The van der Waals surface area contributed by atoms with Crippen molar-refractivity contribution in [3.63, 3.8) is 0 Å². The Morgan fingerprint density at radius 3 is 1.94 bits per heavy atom. The van der Waals surface area contributed by atoms with Gasteiger partial charge in [0.25, 0.3) is 0 Å². The Morgan fingerprint density at radius 1 is 0.806 bits per heavy atom. The highest BCUT2D eigenvalue weighted by molar-refractivity contribution is 5.58. The third-order valence-electron chi connectivity index (χ3n) is 7.87. The number of aromatic hydroxyl groups is 1. The van der Waals surface area contributed by atoms with Crippen molar-refractivity contribution >= 4 is 0 Å². The number of phenols is 1. The van der Waals surface area contributed by atoms with Gasteiger partial charge in [-0.05, 0) is 87.8 Å². The van der Waals surface area contributed by atoms with E-state index in [0.29, 0.717) is 5.75 Å². The van der Waals surface area contributed by atoms with Gasteiger partial charge in [0.1, 0.15) is 17.1 Å². The molecular weight excluding hydrogens is 383 g/mol. The second-order valence-corrected chi connectivity index (χ2v) is 11.4. The molecule has 1 aliphatic rings. The summed E-state index contributed by atoms with van der Waals surface area (Å²) in [5, 5.41) is 10.4. The molecule has 1 aromatic rings. The Labute approximate surface area is 193 Å². The zero-order chi connectivity index (χ0) is 23.2. The molecule has 2 nitrogen and oxygen atoms in total. The van der Waals surface area contributed by atoms with Gasteiger partial charge < -0.3 is 9.84 Å². The minimum Gasteiger partial charge on any atom is -0.507 e. The Hall–Kier alpha value is -1.18. The van der Waals surface area contributed by atoms with Crippen LogP contribution in [-0.4, -0.2) is 10.7 Å². The average Bonchev–Trinajstić information content (AvgIpc) is 2.70. The molecule has 0 saturated heterocycles. The van der Waals surface area contributed by atoms with Crippen LogP contribution in [0.25, 0.3) is 0 Å². The van der Waals surface area contributed by atoms with Crippen LogP contribution in [0.1, 0.15) is 121 Å². The van der Waals surface area contributed by atoms with Crippen LogP contribution < -0.4 is 4.74 Å². The number of rotatable bonds is 12. The fraction of sp³-hybridized carbons (Fsp3) is 0.793. The van der Waals surface area contributed by atoms with Gasteiger partial charge in [-0.25, -0.2) is 0 Å². The first kappa shape index (κ1) is 26.1. The van der Waals surface area contributed by atoms with Crippen molar-refractivity contribution < 1.29 is 9.84 Å². The molecule has 0 spiro atoms. The molecule has 1 aromatic carbocycles. The summed E-state index contributed by atoms with van der Waals surface area (Å²) in [4.78, 5) is 0. The van der Waals surface area contributed by atoms with Gasteiger partial charge in [-0.3, -0.25) is 0 Å². The lowest BCUT2D eigenvalue weighted by Gasteiger charge is -2.38. The van der Waals surface area contributed by atoms with Crippen LogP contribution in [0.4, 0.5) is 0 Å². The van der Waals surface area contributed by atoms with Gasteiger partial charge in [-0.2, -0.15) is 0 Å². The fourth-order valence-electron chi connectivity index (χ4n) is 5.27. The van der Waals surface area contributed by atoms with E-state index < -0.39 is 0 Å². The van der Waals surface area contributed by atoms with E-state index in [1.165, 1.54) is 56.9 Å². The highest BCUT2D eigenvalue weighted by Crippen LogP contribution is 2.44. The van der Waals surface area contributed by atoms with Gasteiger partial charge in [0, 0.05) is 5.56 Å². The minimum atomic E-state index is -0.0712. The number of fused-ring (bicyclic) bond motifs is 1. The Balaban J connectivity index is 1.74. The summed E-state index contributed by atoms with van der Waals surface area (Å²) >= 11 is 0. The molecule has 3 atom stereocenters. The molecule has 0 saturated carbocycles. The van der Waals surface area contributed by atoms with Crippen molar-refractivity contribution in [2.24, 2.45) is 17.8 Å². The summed E-state index contributed by atoms with van der Waals surface area (Å²) in [5.74, 6) is 4.04. The van der Waals surface area contributed by atoms with E-state index in [2.05, 4.69) is 41.5 Å². The van der Waals surface area contributed by atoms with Crippen LogP contribution in [-0.2, 0) is 6.42 Å². The predicted octanol–water partition coefficient (Wildman–Crippen LogP) is 8.84. The molecule has 1 heterocycles. The van der Waals surface area contributed by atoms with Gasteiger partial charge in [0.2, 0.25) is 0 Å². The van der Waals surface area contributed by atoms with Crippen LogP contribution in [0.2, 0.25) is 0 Å². The fourth-order valence-corrected chi connectivity index (χ4v) is 5.27. The molecule has 3 unspecified atom stereocenters. The minimum absolute atomic E-state index is 0.0712. The van der Waals surface area contributed by atoms with Crippen LogP contribution in [0.5, 0.6) is 11.5 Å². The molecule has 0 radical (unpaired) electrons. The molecule has 0 fully saturated rings. The molecule has 1 aliphatic heterocycles. The third-order valence-corrected chi connectivity index (χ3v) is 7.87. The predicted molar refractivity (Wildman–Crippen MR) is 134 cm³/mol. The number of phenolic OH excluding ortho intramolecular Hbond substituents is 1. The lowest BCUT2D eigenvalue weighted by molar-refractivity contribution is 0.0512. The molecule has 0 bridgehead atoms. The molecule has 0 aromatic heterocycles. The third kappa shape index (κ3) is 7.43.